The van der Waals surface area contributed by atoms with Crippen LogP contribution in [0.4, 0.5) is 0 Å². The van der Waals surface area contributed by atoms with Crippen LogP contribution in [0.3, 0.4) is 0 Å². The summed E-state index contributed by atoms with van der Waals surface area (Å²) in [6.07, 6.45) is 2.15. The van der Waals surface area contributed by atoms with Gasteiger partial charge in [0.05, 0.1) is 16.3 Å². The molecule has 2 aliphatic rings. The highest BCUT2D eigenvalue weighted by Crippen LogP contribution is 2.51. The van der Waals surface area contributed by atoms with Crippen LogP contribution in [-0.2, 0) is 15.1 Å². The summed E-state index contributed by atoms with van der Waals surface area (Å²) in [4.78, 5) is 12.1. The van der Waals surface area contributed by atoms with Crippen LogP contribution in [0.5, 0.6) is 0 Å². The fraction of sp³-hybridized carbons (Fsp3) is 0.615. The normalized spacial score (nSPS) is 34.2. The summed E-state index contributed by atoms with van der Waals surface area (Å²) >= 11 is 5.06. The first-order valence-electron chi connectivity index (χ1n) is 6.36. The van der Waals surface area contributed by atoms with Crippen LogP contribution in [0.2, 0.25) is 0 Å². The number of halogens is 1. The second-order valence-corrected chi connectivity index (χ2v) is 7.70. The standard InChI is InChI=1S/C13H15BrO4S/c14-10-5-8-9(15)6-18-13(11(8)19-10)3-1-7(2-4-13)12(16)17/h5,7,9,15H,1-4,6H2,(H,16,17). The molecule has 1 aliphatic heterocycles. The fourth-order valence-corrected chi connectivity index (χ4v) is 4.95. The van der Waals surface area contributed by atoms with E-state index >= 15 is 0 Å². The number of rotatable bonds is 1. The van der Waals surface area contributed by atoms with Crippen molar-refractivity contribution >= 4 is 33.2 Å². The molecule has 4 nitrogen and oxygen atoms in total. The van der Waals surface area contributed by atoms with Crippen molar-refractivity contribution in [3.05, 3.63) is 20.3 Å². The number of aliphatic hydroxyl groups is 1. The van der Waals surface area contributed by atoms with Crippen LogP contribution in [-0.4, -0.2) is 22.8 Å². The quantitative estimate of drug-likeness (QED) is 0.820. The summed E-state index contributed by atoms with van der Waals surface area (Å²) in [5.74, 6) is -0.966. The summed E-state index contributed by atoms with van der Waals surface area (Å²) in [7, 11) is 0. The van der Waals surface area contributed by atoms with Crippen LogP contribution >= 0.6 is 27.3 Å². The first kappa shape index (κ1) is 13.5. The molecule has 1 unspecified atom stereocenters. The number of hydrogen-bond acceptors (Lipinski definition) is 4. The van der Waals surface area contributed by atoms with E-state index < -0.39 is 12.1 Å². The molecule has 1 saturated carbocycles. The molecule has 0 aromatic carbocycles. The maximum atomic E-state index is 11.0. The Kier molecular flexibility index (Phi) is 3.45. The van der Waals surface area contributed by atoms with Crippen LogP contribution < -0.4 is 0 Å². The zero-order chi connectivity index (χ0) is 13.6. The lowest BCUT2D eigenvalue weighted by Crippen LogP contribution is -2.40. The van der Waals surface area contributed by atoms with Gasteiger partial charge in [0.15, 0.2) is 0 Å². The van der Waals surface area contributed by atoms with E-state index in [1.807, 2.05) is 6.07 Å². The molecule has 0 amide bonds. The topological polar surface area (TPSA) is 66.8 Å². The Balaban J connectivity index is 1.90. The lowest BCUT2D eigenvalue weighted by atomic mass is 9.75. The summed E-state index contributed by atoms with van der Waals surface area (Å²) in [6.45, 7) is 0.300. The van der Waals surface area contributed by atoms with Crippen molar-refractivity contribution in [1.29, 1.82) is 0 Å². The molecule has 1 aliphatic carbocycles. The molecule has 0 bridgehead atoms. The third kappa shape index (κ3) is 2.24. The van der Waals surface area contributed by atoms with E-state index in [1.54, 1.807) is 11.3 Å². The van der Waals surface area contributed by atoms with Gasteiger partial charge < -0.3 is 14.9 Å². The second kappa shape index (κ2) is 4.84. The van der Waals surface area contributed by atoms with Gasteiger partial charge in [0, 0.05) is 10.4 Å². The molecule has 1 aromatic rings. The summed E-state index contributed by atoms with van der Waals surface area (Å²) in [6, 6.07) is 1.96. The van der Waals surface area contributed by atoms with Gasteiger partial charge in [0.2, 0.25) is 0 Å². The first-order chi connectivity index (χ1) is 9.02. The third-order valence-electron chi connectivity index (χ3n) is 4.16. The molecule has 6 heteroatoms. The average Bonchev–Trinajstić information content (AvgIpc) is 2.78. The molecule has 1 spiro atoms. The Bertz CT molecular complexity index is 505. The number of fused-ring (bicyclic) bond motifs is 2. The van der Waals surface area contributed by atoms with E-state index in [4.69, 9.17) is 9.84 Å². The number of carboxylic acid groups (broad SMARTS) is 1. The zero-order valence-corrected chi connectivity index (χ0v) is 12.7. The lowest BCUT2D eigenvalue weighted by Gasteiger charge is -2.42. The van der Waals surface area contributed by atoms with Crippen molar-refractivity contribution < 1.29 is 19.7 Å². The van der Waals surface area contributed by atoms with Gasteiger partial charge in [0.1, 0.15) is 11.7 Å². The van der Waals surface area contributed by atoms with Gasteiger partial charge in [-0.15, -0.1) is 11.3 Å². The van der Waals surface area contributed by atoms with E-state index in [9.17, 15) is 9.90 Å². The van der Waals surface area contributed by atoms with Crippen LogP contribution in [0.1, 0.15) is 42.2 Å². The molecule has 0 radical (unpaired) electrons. The molecule has 2 N–H and O–H groups in total. The number of aliphatic carboxylic acids is 1. The number of ether oxygens (including phenoxy) is 1. The minimum absolute atomic E-state index is 0.257. The second-order valence-electron chi connectivity index (χ2n) is 5.27. The molecular weight excluding hydrogens is 332 g/mol. The third-order valence-corrected chi connectivity index (χ3v) is 6.00. The number of carbonyl (C=O) groups is 1. The molecule has 104 valence electrons. The Hall–Kier alpha value is -0.430. The van der Waals surface area contributed by atoms with Crippen LogP contribution in [0.25, 0.3) is 0 Å². The fourth-order valence-electron chi connectivity index (χ4n) is 3.07. The van der Waals surface area contributed by atoms with E-state index in [0.29, 0.717) is 19.4 Å². The monoisotopic (exact) mass is 346 g/mol. The predicted molar refractivity (Wildman–Crippen MR) is 74.2 cm³/mol. The van der Waals surface area contributed by atoms with Crippen molar-refractivity contribution in [2.75, 3.05) is 6.61 Å². The van der Waals surface area contributed by atoms with Crippen molar-refractivity contribution in [2.24, 2.45) is 5.92 Å². The van der Waals surface area contributed by atoms with E-state index in [2.05, 4.69) is 15.9 Å². The molecular formula is C13H15BrO4S. The Morgan fingerprint density at radius 1 is 1.47 bits per heavy atom. The molecule has 3 rings (SSSR count). The molecule has 1 atom stereocenters. The minimum atomic E-state index is -0.710. The molecule has 1 fully saturated rings. The van der Waals surface area contributed by atoms with Gasteiger partial charge in [-0.05, 0) is 47.7 Å². The van der Waals surface area contributed by atoms with Gasteiger partial charge in [-0.3, -0.25) is 4.79 Å². The number of thiophene rings is 1. The maximum Gasteiger partial charge on any atom is 0.306 e. The smallest absolute Gasteiger partial charge is 0.306 e. The Labute approximate surface area is 123 Å². The van der Waals surface area contributed by atoms with Crippen molar-refractivity contribution in [3.63, 3.8) is 0 Å². The first-order valence-corrected chi connectivity index (χ1v) is 7.97. The zero-order valence-electron chi connectivity index (χ0n) is 10.3. The van der Waals surface area contributed by atoms with Gasteiger partial charge >= 0.3 is 5.97 Å². The van der Waals surface area contributed by atoms with E-state index in [0.717, 1.165) is 27.1 Å². The molecule has 19 heavy (non-hydrogen) atoms. The number of hydrogen-bond donors (Lipinski definition) is 2. The van der Waals surface area contributed by atoms with E-state index in [-0.39, 0.29) is 11.5 Å². The summed E-state index contributed by atoms with van der Waals surface area (Å²) in [5.41, 5.74) is 0.564. The van der Waals surface area contributed by atoms with Gasteiger partial charge in [0.25, 0.3) is 0 Å². The predicted octanol–water partition coefficient (Wildman–Crippen LogP) is 3.04. The van der Waals surface area contributed by atoms with Crippen LogP contribution in [0.15, 0.2) is 9.85 Å². The number of carboxylic acids is 1. The lowest BCUT2D eigenvalue weighted by molar-refractivity contribution is -0.151. The average molecular weight is 347 g/mol. The van der Waals surface area contributed by atoms with Crippen molar-refractivity contribution in [2.45, 2.75) is 37.4 Å². The maximum absolute atomic E-state index is 11.0. The summed E-state index contributed by atoms with van der Waals surface area (Å²) in [5, 5.41) is 19.1. The number of aliphatic hydroxyl groups excluding tert-OH is 1. The SMILES string of the molecule is O=C(O)C1CCC2(CC1)OCC(O)c1cc(Br)sc12. The van der Waals surface area contributed by atoms with Crippen molar-refractivity contribution in [1.82, 2.24) is 0 Å². The van der Waals surface area contributed by atoms with Gasteiger partial charge in [-0.1, -0.05) is 0 Å². The van der Waals surface area contributed by atoms with Gasteiger partial charge in [-0.25, -0.2) is 0 Å². The highest BCUT2D eigenvalue weighted by molar-refractivity contribution is 9.11. The molecule has 2 heterocycles. The Morgan fingerprint density at radius 2 is 2.16 bits per heavy atom. The van der Waals surface area contributed by atoms with Gasteiger partial charge in [-0.2, -0.15) is 0 Å². The minimum Gasteiger partial charge on any atom is -0.481 e. The molecule has 0 saturated heterocycles. The van der Waals surface area contributed by atoms with Crippen molar-refractivity contribution in [3.8, 4) is 0 Å². The highest BCUT2D eigenvalue weighted by atomic mass is 79.9. The molecule has 1 aromatic heterocycles. The van der Waals surface area contributed by atoms with E-state index in [1.165, 1.54) is 0 Å². The van der Waals surface area contributed by atoms with Crippen LogP contribution in [0, 0.1) is 5.92 Å². The highest BCUT2D eigenvalue weighted by Gasteiger charge is 2.45. The largest absolute Gasteiger partial charge is 0.481 e. The summed E-state index contributed by atoms with van der Waals surface area (Å²) < 4.78 is 6.92. The Morgan fingerprint density at radius 3 is 2.79 bits per heavy atom.